The van der Waals surface area contributed by atoms with E-state index in [1.165, 1.54) is 6.07 Å². The van der Waals surface area contributed by atoms with Crippen molar-refractivity contribution in [2.45, 2.75) is 46.3 Å². The van der Waals surface area contributed by atoms with Crippen molar-refractivity contribution in [1.29, 1.82) is 0 Å². The lowest BCUT2D eigenvalue weighted by molar-refractivity contribution is 0.0586. The average molecular weight is 239 g/mol. The van der Waals surface area contributed by atoms with E-state index < -0.39 is 0 Å². The third kappa shape index (κ3) is 3.70. The highest BCUT2D eigenvalue weighted by atomic mass is 19.1. The maximum Gasteiger partial charge on any atom is 0.165 e. The van der Waals surface area contributed by atoms with Gasteiger partial charge in [-0.15, -0.1) is 0 Å². The lowest BCUT2D eigenvalue weighted by Crippen LogP contribution is -2.47. The topological polar surface area (TPSA) is 35.2 Å². The Morgan fingerprint density at radius 2 is 1.88 bits per heavy atom. The van der Waals surface area contributed by atoms with Crippen molar-refractivity contribution in [3.63, 3.8) is 0 Å². The zero-order valence-electron chi connectivity index (χ0n) is 11.0. The molecular formula is C14H22FNO. The number of hydrogen-bond donors (Lipinski definition) is 1. The molecule has 0 fully saturated rings. The van der Waals surface area contributed by atoms with Crippen LogP contribution in [0.5, 0.6) is 5.75 Å². The molecule has 3 heteroatoms. The van der Waals surface area contributed by atoms with Crippen LogP contribution < -0.4 is 10.5 Å². The van der Waals surface area contributed by atoms with Crippen LogP contribution in [0.1, 0.15) is 34.1 Å². The summed E-state index contributed by atoms with van der Waals surface area (Å²) in [5.41, 5.74) is 5.93. The quantitative estimate of drug-likeness (QED) is 0.874. The molecule has 96 valence electrons. The van der Waals surface area contributed by atoms with Crippen molar-refractivity contribution in [1.82, 2.24) is 0 Å². The van der Waals surface area contributed by atoms with Gasteiger partial charge >= 0.3 is 0 Å². The Morgan fingerprint density at radius 1 is 1.29 bits per heavy atom. The Kier molecular flexibility index (Phi) is 4.52. The maximum atomic E-state index is 13.5. The first-order chi connectivity index (χ1) is 7.86. The summed E-state index contributed by atoms with van der Waals surface area (Å²) < 4.78 is 19.3. The molecule has 0 aromatic heterocycles. The van der Waals surface area contributed by atoms with Crippen molar-refractivity contribution in [2.24, 2.45) is 11.1 Å². The minimum absolute atomic E-state index is 0.102. The second kappa shape index (κ2) is 5.50. The average Bonchev–Trinajstić information content (AvgIpc) is 2.25. The summed E-state index contributed by atoms with van der Waals surface area (Å²) >= 11 is 0. The Labute approximate surface area is 103 Å². The number of rotatable bonds is 4. The predicted molar refractivity (Wildman–Crippen MR) is 68.5 cm³/mol. The summed E-state index contributed by atoms with van der Waals surface area (Å²) in [6, 6.07) is 6.33. The highest BCUT2D eigenvalue weighted by Crippen LogP contribution is 2.28. The first-order valence-corrected chi connectivity index (χ1v) is 6.03. The summed E-state index contributed by atoms with van der Waals surface area (Å²) in [5.74, 6) is -0.0682. The fourth-order valence-corrected chi connectivity index (χ4v) is 1.80. The molecule has 1 aromatic carbocycles. The van der Waals surface area contributed by atoms with Gasteiger partial charge in [0.2, 0.25) is 0 Å². The van der Waals surface area contributed by atoms with E-state index in [4.69, 9.17) is 10.5 Å². The molecule has 2 N–H and O–H groups in total. The molecule has 2 unspecified atom stereocenters. The number of halogens is 1. The van der Waals surface area contributed by atoms with Gasteiger partial charge in [-0.25, -0.2) is 4.39 Å². The lowest BCUT2D eigenvalue weighted by Gasteiger charge is -2.35. The van der Waals surface area contributed by atoms with Gasteiger partial charge in [0.25, 0.3) is 0 Å². The van der Waals surface area contributed by atoms with Crippen LogP contribution in [-0.2, 0) is 0 Å². The lowest BCUT2D eigenvalue weighted by atomic mass is 9.84. The summed E-state index contributed by atoms with van der Waals surface area (Å²) in [5, 5.41) is 0. The first-order valence-electron chi connectivity index (χ1n) is 6.03. The van der Waals surface area contributed by atoms with E-state index in [1.807, 2.05) is 27.7 Å². The Bertz CT molecular complexity index is 359. The van der Waals surface area contributed by atoms with Crippen molar-refractivity contribution in [2.75, 3.05) is 0 Å². The molecular weight excluding hydrogens is 217 g/mol. The molecule has 17 heavy (non-hydrogen) atoms. The molecule has 1 aromatic rings. The smallest absolute Gasteiger partial charge is 0.165 e. The number of hydrogen-bond acceptors (Lipinski definition) is 2. The summed E-state index contributed by atoms with van der Waals surface area (Å²) in [6.45, 7) is 8.16. The second-order valence-electron chi connectivity index (χ2n) is 5.41. The normalized spacial score (nSPS) is 15.4. The molecule has 0 bridgehead atoms. The van der Waals surface area contributed by atoms with Crippen LogP contribution in [0.25, 0.3) is 0 Å². The van der Waals surface area contributed by atoms with Gasteiger partial charge < -0.3 is 10.5 Å². The minimum atomic E-state index is -0.343. The molecule has 2 atom stereocenters. The van der Waals surface area contributed by atoms with Gasteiger partial charge in [0, 0.05) is 11.5 Å². The fraction of sp³-hybridized carbons (Fsp3) is 0.571. The van der Waals surface area contributed by atoms with Crippen LogP contribution in [0.2, 0.25) is 0 Å². The van der Waals surface area contributed by atoms with Gasteiger partial charge in [-0.1, -0.05) is 39.8 Å². The monoisotopic (exact) mass is 239 g/mol. The maximum absolute atomic E-state index is 13.5. The van der Waals surface area contributed by atoms with Crippen LogP contribution >= 0.6 is 0 Å². The molecule has 0 saturated carbocycles. The number of benzene rings is 1. The zero-order chi connectivity index (χ0) is 13.1. The standard InChI is InChI=1S/C14H22FNO/c1-5-11(16)13(14(2,3)4)17-12-9-7-6-8-10(12)15/h6-9,11,13H,5,16H2,1-4H3. The minimum Gasteiger partial charge on any atom is -0.485 e. The van der Waals surface area contributed by atoms with Crippen molar-refractivity contribution < 1.29 is 9.13 Å². The first kappa shape index (κ1) is 14.0. The van der Waals surface area contributed by atoms with E-state index in [-0.39, 0.29) is 29.1 Å². The van der Waals surface area contributed by atoms with Gasteiger partial charge in [0.1, 0.15) is 6.10 Å². The SMILES string of the molecule is CCC(N)C(Oc1ccccc1F)C(C)(C)C. The van der Waals surface area contributed by atoms with Crippen molar-refractivity contribution >= 4 is 0 Å². The Balaban J connectivity index is 2.91. The van der Waals surface area contributed by atoms with Crippen LogP contribution in [0.3, 0.4) is 0 Å². The van der Waals surface area contributed by atoms with E-state index in [0.29, 0.717) is 0 Å². The van der Waals surface area contributed by atoms with Crippen molar-refractivity contribution in [3.8, 4) is 5.75 Å². The van der Waals surface area contributed by atoms with Crippen LogP contribution in [0.4, 0.5) is 4.39 Å². The van der Waals surface area contributed by atoms with E-state index in [0.717, 1.165) is 6.42 Å². The summed E-state index contributed by atoms with van der Waals surface area (Å²) in [4.78, 5) is 0. The predicted octanol–water partition coefficient (Wildman–Crippen LogP) is 3.36. The number of nitrogens with two attached hydrogens (primary N) is 1. The third-order valence-electron chi connectivity index (χ3n) is 2.80. The molecule has 0 aliphatic carbocycles. The molecule has 0 amide bonds. The van der Waals surface area contributed by atoms with Crippen LogP contribution in [-0.4, -0.2) is 12.1 Å². The van der Waals surface area contributed by atoms with E-state index >= 15 is 0 Å². The molecule has 0 aliphatic rings. The van der Waals surface area contributed by atoms with E-state index in [9.17, 15) is 4.39 Å². The summed E-state index contributed by atoms with van der Waals surface area (Å²) in [6.07, 6.45) is 0.598. The molecule has 0 spiro atoms. The van der Waals surface area contributed by atoms with Gasteiger partial charge in [-0.05, 0) is 18.6 Å². The van der Waals surface area contributed by atoms with Gasteiger partial charge in [0.05, 0.1) is 0 Å². The number of ether oxygens (including phenoxy) is 1. The molecule has 2 nitrogen and oxygen atoms in total. The van der Waals surface area contributed by atoms with Gasteiger partial charge in [-0.2, -0.15) is 0 Å². The fourth-order valence-electron chi connectivity index (χ4n) is 1.80. The van der Waals surface area contributed by atoms with Crippen molar-refractivity contribution in [3.05, 3.63) is 30.1 Å². The highest BCUT2D eigenvalue weighted by molar-refractivity contribution is 5.24. The Morgan fingerprint density at radius 3 is 2.35 bits per heavy atom. The van der Waals surface area contributed by atoms with E-state index in [2.05, 4.69) is 0 Å². The van der Waals surface area contributed by atoms with Gasteiger partial charge in [0.15, 0.2) is 11.6 Å². The number of para-hydroxylation sites is 1. The molecule has 1 rings (SSSR count). The second-order valence-corrected chi connectivity index (χ2v) is 5.41. The van der Waals surface area contributed by atoms with Crippen LogP contribution in [0, 0.1) is 11.2 Å². The molecule has 0 aliphatic heterocycles. The molecule has 0 heterocycles. The Hall–Kier alpha value is -1.09. The zero-order valence-corrected chi connectivity index (χ0v) is 11.0. The molecule has 0 saturated heterocycles. The summed E-state index contributed by atoms with van der Waals surface area (Å²) in [7, 11) is 0. The van der Waals surface area contributed by atoms with E-state index in [1.54, 1.807) is 18.2 Å². The third-order valence-corrected chi connectivity index (χ3v) is 2.80. The van der Waals surface area contributed by atoms with Gasteiger partial charge in [-0.3, -0.25) is 0 Å². The largest absolute Gasteiger partial charge is 0.485 e. The van der Waals surface area contributed by atoms with Crippen LogP contribution in [0.15, 0.2) is 24.3 Å². The highest BCUT2D eigenvalue weighted by Gasteiger charge is 2.31. The molecule has 0 radical (unpaired) electrons.